The highest BCUT2D eigenvalue weighted by atomic mass is 19.1. The van der Waals surface area contributed by atoms with E-state index in [2.05, 4.69) is 12.2 Å². The van der Waals surface area contributed by atoms with E-state index in [-0.39, 0.29) is 17.4 Å². The highest BCUT2D eigenvalue weighted by Crippen LogP contribution is 2.03. The van der Waals surface area contributed by atoms with Gasteiger partial charge in [-0.05, 0) is 24.6 Å². The van der Waals surface area contributed by atoms with Crippen molar-refractivity contribution in [1.82, 2.24) is 10.2 Å². The van der Waals surface area contributed by atoms with Crippen molar-refractivity contribution in [3.63, 3.8) is 0 Å². The minimum absolute atomic E-state index is 0.00566. The molecule has 0 atom stereocenters. The molecule has 21 heavy (non-hydrogen) atoms. The number of nitrogens with zero attached hydrogens (tertiary/aromatic N) is 1. The molecule has 0 fully saturated rings. The van der Waals surface area contributed by atoms with Crippen molar-refractivity contribution in [3.8, 4) is 0 Å². The lowest BCUT2D eigenvalue weighted by Crippen LogP contribution is -2.38. The van der Waals surface area contributed by atoms with Crippen LogP contribution in [0.4, 0.5) is 4.39 Å². The van der Waals surface area contributed by atoms with Gasteiger partial charge in [-0.2, -0.15) is 0 Å². The lowest BCUT2D eigenvalue weighted by atomic mass is 10.2. The minimum Gasteiger partial charge on any atom is -0.350 e. The molecule has 0 aliphatic carbocycles. The van der Waals surface area contributed by atoms with Crippen LogP contribution in [0.2, 0.25) is 0 Å². The Morgan fingerprint density at radius 2 is 2.00 bits per heavy atom. The van der Waals surface area contributed by atoms with Crippen LogP contribution in [0, 0.1) is 5.82 Å². The number of carbonyl (C=O) groups is 2. The van der Waals surface area contributed by atoms with Crippen molar-refractivity contribution in [3.05, 3.63) is 35.6 Å². The molecule has 0 aliphatic rings. The van der Waals surface area contributed by atoms with Gasteiger partial charge in [0.05, 0.1) is 0 Å². The van der Waals surface area contributed by atoms with Crippen molar-refractivity contribution >= 4 is 11.8 Å². The Labute approximate surface area is 125 Å². The van der Waals surface area contributed by atoms with E-state index in [1.165, 1.54) is 25.1 Å². The monoisotopic (exact) mass is 294 g/mol. The summed E-state index contributed by atoms with van der Waals surface area (Å²) in [7, 11) is 0. The summed E-state index contributed by atoms with van der Waals surface area (Å²) < 4.78 is 13.0. The first kappa shape index (κ1) is 17.1. The summed E-state index contributed by atoms with van der Waals surface area (Å²) in [4.78, 5) is 25.0. The van der Waals surface area contributed by atoms with E-state index >= 15 is 0 Å². The molecule has 0 heterocycles. The summed E-state index contributed by atoms with van der Waals surface area (Å²) in [5, 5.41) is 2.70. The van der Waals surface area contributed by atoms with Gasteiger partial charge in [-0.25, -0.2) is 4.39 Å². The first-order valence-corrected chi connectivity index (χ1v) is 7.34. The number of hydrogen-bond acceptors (Lipinski definition) is 2. The van der Waals surface area contributed by atoms with E-state index in [9.17, 15) is 14.0 Å². The number of benzene rings is 1. The second-order valence-electron chi connectivity index (χ2n) is 4.98. The fourth-order valence-corrected chi connectivity index (χ4v) is 2.02. The molecule has 0 saturated heterocycles. The van der Waals surface area contributed by atoms with Gasteiger partial charge in [-0.15, -0.1) is 0 Å². The molecule has 0 saturated carbocycles. The predicted octanol–water partition coefficient (Wildman–Crippen LogP) is 2.59. The maximum absolute atomic E-state index is 13.0. The molecule has 1 N–H and O–H groups in total. The largest absolute Gasteiger partial charge is 0.350 e. The smallest absolute Gasteiger partial charge is 0.251 e. The van der Waals surface area contributed by atoms with E-state index in [4.69, 9.17) is 0 Å². The normalized spacial score (nSPS) is 10.2. The number of halogens is 1. The molecule has 0 unspecified atom stereocenters. The number of amides is 2. The molecule has 116 valence electrons. The van der Waals surface area contributed by atoms with Gasteiger partial charge in [-0.1, -0.05) is 25.8 Å². The van der Waals surface area contributed by atoms with Crippen LogP contribution in [0.1, 0.15) is 43.5 Å². The Kier molecular flexibility index (Phi) is 7.43. The number of rotatable bonds is 8. The average molecular weight is 294 g/mol. The molecule has 1 aromatic carbocycles. The van der Waals surface area contributed by atoms with Crippen molar-refractivity contribution in [1.29, 1.82) is 0 Å². The molecule has 4 nitrogen and oxygen atoms in total. The van der Waals surface area contributed by atoms with Gasteiger partial charge in [0.15, 0.2) is 0 Å². The molecule has 1 aromatic rings. The Hall–Kier alpha value is -1.91. The van der Waals surface area contributed by atoms with Crippen molar-refractivity contribution in [2.24, 2.45) is 0 Å². The lowest BCUT2D eigenvalue weighted by molar-refractivity contribution is -0.128. The van der Waals surface area contributed by atoms with Gasteiger partial charge >= 0.3 is 0 Å². The van der Waals surface area contributed by atoms with Crippen molar-refractivity contribution in [2.45, 2.75) is 33.1 Å². The summed E-state index contributed by atoms with van der Waals surface area (Å²) in [5.74, 6) is -0.759. The third-order valence-corrected chi connectivity index (χ3v) is 3.23. The van der Waals surface area contributed by atoms with Crippen LogP contribution in [0.25, 0.3) is 0 Å². The van der Waals surface area contributed by atoms with Crippen LogP contribution in [-0.2, 0) is 4.79 Å². The number of hydrogen-bond donors (Lipinski definition) is 1. The van der Waals surface area contributed by atoms with Crippen LogP contribution in [0.5, 0.6) is 0 Å². The summed E-state index contributed by atoms with van der Waals surface area (Å²) in [6.07, 6.45) is 3.15. The first-order valence-electron chi connectivity index (χ1n) is 7.34. The fourth-order valence-electron chi connectivity index (χ4n) is 2.02. The molecule has 5 heteroatoms. The fraction of sp³-hybridized carbons (Fsp3) is 0.500. The maximum atomic E-state index is 13.0. The lowest BCUT2D eigenvalue weighted by Gasteiger charge is -2.21. The zero-order chi connectivity index (χ0) is 15.7. The van der Waals surface area contributed by atoms with Crippen molar-refractivity contribution in [2.75, 3.05) is 19.6 Å². The zero-order valence-corrected chi connectivity index (χ0v) is 12.7. The molecule has 0 aromatic heterocycles. The van der Waals surface area contributed by atoms with Gasteiger partial charge in [0.25, 0.3) is 5.91 Å². The van der Waals surface area contributed by atoms with Gasteiger partial charge in [0, 0.05) is 32.1 Å². The third kappa shape index (κ3) is 6.38. The second kappa shape index (κ2) is 9.10. The van der Waals surface area contributed by atoms with E-state index in [1.807, 2.05) is 0 Å². The SMILES string of the molecule is CCCCCN(CCNC(=O)c1cccc(F)c1)C(C)=O. The highest BCUT2D eigenvalue weighted by Gasteiger charge is 2.10. The van der Waals surface area contributed by atoms with Crippen LogP contribution in [0.15, 0.2) is 24.3 Å². The standard InChI is InChI=1S/C16H23FN2O2/c1-3-4-5-10-19(13(2)20)11-9-18-16(21)14-7-6-8-15(17)12-14/h6-8,12H,3-5,9-11H2,1-2H3,(H,18,21). The van der Waals surface area contributed by atoms with Crippen LogP contribution in [-0.4, -0.2) is 36.3 Å². The quantitative estimate of drug-likeness (QED) is 0.749. The summed E-state index contributed by atoms with van der Waals surface area (Å²) in [6, 6.07) is 5.54. The second-order valence-corrected chi connectivity index (χ2v) is 4.98. The minimum atomic E-state index is -0.437. The topological polar surface area (TPSA) is 49.4 Å². The molecular formula is C16H23FN2O2. The Morgan fingerprint density at radius 3 is 2.62 bits per heavy atom. The van der Waals surface area contributed by atoms with E-state index in [0.717, 1.165) is 19.3 Å². The molecular weight excluding hydrogens is 271 g/mol. The number of unbranched alkanes of at least 4 members (excludes halogenated alkanes) is 2. The molecule has 0 aliphatic heterocycles. The summed E-state index contributed by atoms with van der Waals surface area (Å²) in [6.45, 7) is 5.18. The van der Waals surface area contributed by atoms with E-state index in [1.54, 1.807) is 11.0 Å². The van der Waals surface area contributed by atoms with Crippen molar-refractivity contribution < 1.29 is 14.0 Å². The maximum Gasteiger partial charge on any atom is 0.251 e. The van der Waals surface area contributed by atoms with Crippen LogP contribution in [0.3, 0.4) is 0 Å². The Balaban J connectivity index is 2.39. The molecule has 0 spiro atoms. The van der Waals surface area contributed by atoms with Gasteiger partial charge in [0.1, 0.15) is 5.82 Å². The Morgan fingerprint density at radius 1 is 1.24 bits per heavy atom. The molecule has 2 amide bonds. The number of nitrogens with one attached hydrogen (secondary N) is 1. The predicted molar refractivity (Wildman–Crippen MR) is 80.5 cm³/mol. The summed E-state index contributed by atoms with van der Waals surface area (Å²) in [5.41, 5.74) is 0.287. The van der Waals surface area contributed by atoms with Gasteiger partial charge in [-0.3, -0.25) is 9.59 Å². The van der Waals surface area contributed by atoms with Crippen LogP contribution < -0.4 is 5.32 Å². The van der Waals surface area contributed by atoms with Gasteiger partial charge < -0.3 is 10.2 Å². The highest BCUT2D eigenvalue weighted by molar-refractivity contribution is 5.94. The van der Waals surface area contributed by atoms with E-state index in [0.29, 0.717) is 19.6 Å². The molecule has 0 radical (unpaired) electrons. The molecule has 0 bridgehead atoms. The first-order chi connectivity index (χ1) is 10.0. The average Bonchev–Trinajstić information content (AvgIpc) is 2.45. The van der Waals surface area contributed by atoms with Crippen LogP contribution >= 0.6 is 0 Å². The zero-order valence-electron chi connectivity index (χ0n) is 12.7. The third-order valence-electron chi connectivity index (χ3n) is 3.23. The van der Waals surface area contributed by atoms with Gasteiger partial charge in [0.2, 0.25) is 5.91 Å². The number of carbonyl (C=O) groups excluding carboxylic acids is 2. The Bertz CT molecular complexity index is 477. The van der Waals surface area contributed by atoms with E-state index < -0.39 is 5.82 Å². The molecule has 1 rings (SSSR count). The summed E-state index contributed by atoms with van der Waals surface area (Å²) >= 11 is 0.